The third-order valence-electron chi connectivity index (χ3n) is 2.99. The minimum absolute atomic E-state index is 0.191. The third kappa shape index (κ3) is 4.63. The van der Waals surface area contributed by atoms with Crippen LogP contribution in [-0.2, 0) is 4.74 Å². The average Bonchev–Trinajstić information content (AvgIpc) is 2.55. The van der Waals surface area contributed by atoms with Gasteiger partial charge in [0.15, 0.2) is 0 Å². The van der Waals surface area contributed by atoms with Gasteiger partial charge in [-0.15, -0.1) is 0 Å². The zero-order valence-electron chi connectivity index (χ0n) is 12.4. The van der Waals surface area contributed by atoms with Crippen LogP contribution in [0.15, 0.2) is 46.9 Å². The van der Waals surface area contributed by atoms with Crippen LogP contribution >= 0.6 is 15.9 Å². The predicted molar refractivity (Wildman–Crippen MR) is 89.1 cm³/mol. The number of anilines is 1. The Bertz CT molecular complexity index is 716. The van der Waals surface area contributed by atoms with Gasteiger partial charge in [-0.1, -0.05) is 6.92 Å². The molecule has 6 heteroatoms. The minimum atomic E-state index is -0.493. The molecule has 23 heavy (non-hydrogen) atoms. The van der Waals surface area contributed by atoms with Crippen LogP contribution in [0.2, 0.25) is 0 Å². The van der Waals surface area contributed by atoms with Crippen LogP contribution in [0.4, 0.5) is 10.1 Å². The number of halogens is 2. The second-order valence-electron chi connectivity index (χ2n) is 4.79. The van der Waals surface area contributed by atoms with Gasteiger partial charge in [0.25, 0.3) is 5.91 Å². The normalized spacial score (nSPS) is 10.2. The third-order valence-corrected chi connectivity index (χ3v) is 3.68. The summed E-state index contributed by atoms with van der Waals surface area (Å²) < 4.78 is 18.8. The maximum Gasteiger partial charge on any atom is 0.338 e. The number of rotatable bonds is 5. The molecule has 2 rings (SSSR count). The van der Waals surface area contributed by atoms with Gasteiger partial charge in [-0.3, -0.25) is 4.79 Å². The molecule has 0 atom stereocenters. The number of esters is 1. The van der Waals surface area contributed by atoms with Gasteiger partial charge in [0.2, 0.25) is 0 Å². The van der Waals surface area contributed by atoms with E-state index in [2.05, 4.69) is 21.2 Å². The minimum Gasteiger partial charge on any atom is -0.462 e. The Morgan fingerprint density at radius 2 is 1.87 bits per heavy atom. The first-order valence-corrected chi connectivity index (χ1v) is 7.84. The summed E-state index contributed by atoms with van der Waals surface area (Å²) in [5, 5.41) is 2.65. The Kier molecular flexibility index (Phi) is 5.87. The topological polar surface area (TPSA) is 55.4 Å². The van der Waals surface area contributed by atoms with Crippen LogP contribution in [0.25, 0.3) is 0 Å². The van der Waals surface area contributed by atoms with Crippen molar-refractivity contribution >= 4 is 33.5 Å². The van der Waals surface area contributed by atoms with Crippen molar-refractivity contribution < 1.29 is 18.7 Å². The molecule has 0 radical (unpaired) electrons. The molecule has 0 saturated carbocycles. The highest BCUT2D eigenvalue weighted by Crippen LogP contribution is 2.20. The van der Waals surface area contributed by atoms with Crippen molar-refractivity contribution in [3.63, 3.8) is 0 Å². The highest BCUT2D eigenvalue weighted by Gasteiger charge is 2.12. The molecule has 4 nitrogen and oxygen atoms in total. The van der Waals surface area contributed by atoms with Gasteiger partial charge >= 0.3 is 5.97 Å². The van der Waals surface area contributed by atoms with E-state index in [1.54, 1.807) is 24.3 Å². The van der Waals surface area contributed by atoms with Gasteiger partial charge in [-0.2, -0.15) is 0 Å². The highest BCUT2D eigenvalue weighted by molar-refractivity contribution is 9.10. The number of hydrogen-bond donors (Lipinski definition) is 1. The van der Waals surface area contributed by atoms with E-state index in [4.69, 9.17) is 4.74 Å². The predicted octanol–water partition coefficient (Wildman–Crippen LogP) is 4.41. The lowest BCUT2D eigenvalue weighted by Crippen LogP contribution is -2.13. The number of ether oxygens (including phenoxy) is 1. The van der Waals surface area contributed by atoms with Crippen molar-refractivity contribution in [3.8, 4) is 0 Å². The Morgan fingerprint density at radius 1 is 1.17 bits per heavy atom. The number of amides is 1. The molecular weight excluding hydrogens is 365 g/mol. The SMILES string of the molecule is CCCOC(=O)c1ccc(NC(=O)c2cc(F)ccc2Br)cc1. The standard InChI is InChI=1S/C17H15BrFNO3/c1-2-9-23-17(22)11-3-6-13(7-4-11)20-16(21)14-10-12(19)5-8-15(14)18/h3-8,10H,2,9H2,1H3,(H,20,21). The molecule has 2 aromatic rings. The quantitative estimate of drug-likeness (QED) is 0.782. The average molecular weight is 380 g/mol. The molecule has 1 N–H and O–H groups in total. The maximum absolute atomic E-state index is 13.2. The molecule has 0 aliphatic rings. The van der Waals surface area contributed by atoms with Crippen molar-refractivity contribution in [2.75, 3.05) is 11.9 Å². The largest absolute Gasteiger partial charge is 0.462 e. The van der Waals surface area contributed by atoms with Crippen LogP contribution in [0, 0.1) is 5.82 Å². The smallest absolute Gasteiger partial charge is 0.338 e. The molecule has 1 amide bonds. The van der Waals surface area contributed by atoms with Crippen molar-refractivity contribution in [2.45, 2.75) is 13.3 Å². The zero-order valence-corrected chi connectivity index (χ0v) is 14.0. The number of carbonyl (C=O) groups excluding carboxylic acids is 2. The first-order chi connectivity index (χ1) is 11.0. The van der Waals surface area contributed by atoms with Crippen molar-refractivity contribution in [2.24, 2.45) is 0 Å². The van der Waals surface area contributed by atoms with Gasteiger partial charge in [-0.25, -0.2) is 9.18 Å². The van der Waals surface area contributed by atoms with E-state index in [-0.39, 0.29) is 5.56 Å². The van der Waals surface area contributed by atoms with Crippen LogP contribution < -0.4 is 5.32 Å². The summed E-state index contributed by atoms with van der Waals surface area (Å²) in [6.45, 7) is 2.28. The first-order valence-electron chi connectivity index (χ1n) is 7.05. The van der Waals surface area contributed by atoms with Crippen LogP contribution in [-0.4, -0.2) is 18.5 Å². The van der Waals surface area contributed by atoms with E-state index in [0.29, 0.717) is 22.3 Å². The second kappa shape index (κ2) is 7.87. The van der Waals surface area contributed by atoms with Gasteiger partial charge in [0, 0.05) is 10.2 Å². The lowest BCUT2D eigenvalue weighted by atomic mass is 10.2. The van der Waals surface area contributed by atoms with Gasteiger partial charge < -0.3 is 10.1 Å². The van der Waals surface area contributed by atoms with Crippen LogP contribution in [0.5, 0.6) is 0 Å². The molecule has 0 aliphatic carbocycles. The Hall–Kier alpha value is -2.21. The van der Waals surface area contributed by atoms with Crippen molar-refractivity contribution in [1.29, 1.82) is 0 Å². The molecule has 2 aromatic carbocycles. The molecule has 0 bridgehead atoms. The van der Waals surface area contributed by atoms with E-state index in [0.717, 1.165) is 12.5 Å². The lowest BCUT2D eigenvalue weighted by molar-refractivity contribution is 0.0505. The van der Waals surface area contributed by atoms with Crippen molar-refractivity contribution in [1.82, 2.24) is 0 Å². The second-order valence-corrected chi connectivity index (χ2v) is 5.65. The molecular formula is C17H15BrFNO3. The fraction of sp³-hybridized carbons (Fsp3) is 0.176. The Balaban J connectivity index is 2.07. The molecule has 0 spiro atoms. The summed E-state index contributed by atoms with van der Waals surface area (Å²) in [6, 6.07) is 10.2. The van der Waals surface area contributed by atoms with Crippen LogP contribution in [0.1, 0.15) is 34.1 Å². The molecule has 0 saturated heterocycles. The lowest BCUT2D eigenvalue weighted by Gasteiger charge is -2.08. The van der Waals surface area contributed by atoms with E-state index >= 15 is 0 Å². The fourth-order valence-electron chi connectivity index (χ4n) is 1.84. The fourth-order valence-corrected chi connectivity index (χ4v) is 2.26. The van der Waals surface area contributed by atoms with Gasteiger partial charge in [0.05, 0.1) is 17.7 Å². The van der Waals surface area contributed by atoms with E-state index in [1.807, 2.05) is 6.92 Å². The summed E-state index contributed by atoms with van der Waals surface area (Å²) in [5.41, 5.74) is 1.10. The maximum atomic E-state index is 13.2. The Morgan fingerprint density at radius 3 is 2.52 bits per heavy atom. The molecule has 0 fully saturated rings. The summed E-state index contributed by atoms with van der Waals surface area (Å²) >= 11 is 3.21. The first kappa shape index (κ1) is 17.1. The highest BCUT2D eigenvalue weighted by atomic mass is 79.9. The van der Waals surface area contributed by atoms with Crippen LogP contribution in [0.3, 0.4) is 0 Å². The van der Waals surface area contributed by atoms with Crippen molar-refractivity contribution in [3.05, 3.63) is 63.9 Å². The van der Waals surface area contributed by atoms with E-state index < -0.39 is 17.7 Å². The van der Waals surface area contributed by atoms with E-state index in [1.165, 1.54) is 12.1 Å². The van der Waals surface area contributed by atoms with Gasteiger partial charge in [0.1, 0.15) is 5.82 Å². The molecule has 0 aromatic heterocycles. The number of hydrogen-bond acceptors (Lipinski definition) is 3. The molecule has 120 valence electrons. The summed E-state index contributed by atoms with van der Waals surface area (Å²) in [4.78, 5) is 23.8. The molecule has 0 heterocycles. The van der Waals surface area contributed by atoms with E-state index in [9.17, 15) is 14.0 Å². The number of benzene rings is 2. The van der Waals surface area contributed by atoms with Gasteiger partial charge in [-0.05, 0) is 64.8 Å². The Labute approximate surface area is 141 Å². The summed E-state index contributed by atoms with van der Waals surface area (Å²) in [7, 11) is 0. The summed E-state index contributed by atoms with van der Waals surface area (Å²) in [6.07, 6.45) is 0.752. The zero-order chi connectivity index (χ0) is 16.8. The number of carbonyl (C=O) groups is 2. The molecule has 0 aliphatic heterocycles. The molecule has 0 unspecified atom stereocenters. The summed E-state index contributed by atoms with van der Waals surface area (Å²) in [5.74, 6) is -1.34. The number of nitrogens with one attached hydrogen (secondary N) is 1. The monoisotopic (exact) mass is 379 g/mol.